The van der Waals surface area contributed by atoms with Gasteiger partial charge in [0.25, 0.3) is 5.69 Å². The molecule has 174 valence electrons. The number of nitrogens with zero attached hydrogens (tertiary/aromatic N) is 3. The van der Waals surface area contributed by atoms with Gasteiger partial charge in [-0.2, -0.15) is 0 Å². The number of hydrogen-bond acceptors (Lipinski definition) is 5. The van der Waals surface area contributed by atoms with Crippen LogP contribution in [0.4, 0.5) is 5.69 Å². The highest BCUT2D eigenvalue weighted by Crippen LogP contribution is 2.13. The third kappa shape index (κ3) is 8.48. The second kappa shape index (κ2) is 13.7. The number of aliphatic imine (C=N–C) groups is 1. The van der Waals surface area contributed by atoms with Crippen LogP contribution in [0.5, 0.6) is 0 Å². The first-order chi connectivity index (χ1) is 15.1. The Hall–Kier alpha value is -2.63. The first-order valence-electron chi connectivity index (χ1n) is 10.7. The molecule has 1 aromatic heterocycles. The van der Waals surface area contributed by atoms with Crippen molar-refractivity contribution in [2.45, 2.75) is 45.2 Å². The zero-order chi connectivity index (χ0) is 21.9. The fourth-order valence-corrected chi connectivity index (χ4v) is 3.40. The van der Waals surface area contributed by atoms with Gasteiger partial charge < -0.3 is 20.0 Å². The maximum atomic E-state index is 12.1. The lowest BCUT2D eigenvalue weighted by atomic mass is 10.2. The lowest BCUT2D eigenvalue weighted by Crippen LogP contribution is -2.39. The molecule has 1 amide bonds. The number of halogens is 1. The van der Waals surface area contributed by atoms with Crippen LogP contribution < -0.4 is 10.6 Å². The number of carbonyl (C=O) groups is 1. The number of hydrogen-bond donors (Lipinski definition) is 2. The van der Waals surface area contributed by atoms with E-state index in [1.54, 1.807) is 18.4 Å². The van der Waals surface area contributed by atoms with Crippen LogP contribution in [0.3, 0.4) is 0 Å². The lowest BCUT2D eigenvalue weighted by molar-refractivity contribution is -0.384. The number of non-ortho nitro benzene ring substituents is 1. The number of benzene rings is 1. The van der Waals surface area contributed by atoms with Crippen molar-refractivity contribution in [1.82, 2.24) is 15.5 Å². The van der Waals surface area contributed by atoms with Crippen LogP contribution in [0.1, 0.15) is 43.4 Å². The highest BCUT2D eigenvalue weighted by Gasteiger charge is 2.15. The molecule has 0 atom stereocenters. The Morgan fingerprint density at radius 1 is 1.16 bits per heavy atom. The number of rotatable bonds is 9. The molecule has 0 radical (unpaired) electrons. The van der Waals surface area contributed by atoms with Gasteiger partial charge in [0, 0.05) is 38.2 Å². The number of likely N-dealkylation sites (tertiary alicyclic amines) is 1. The van der Waals surface area contributed by atoms with Gasteiger partial charge >= 0.3 is 0 Å². The van der Waals surface area contributed by atoms with E-state index in [4.69, 9.17) is 4.42 Å². The molecule has 1 aliphatic heterocycles. The third-order valence-corrected chi connectivity index (χ3v) is 5.15. The lowest BCUT2D eigenvalue weighted by Gasteiger charge is -2.20. The summed E-state index contributed by atoms with van der Waals surface area (Å²) in [6, 6.07) is 10.1. The zero-order valence-electron chi connectivity index (χ0n) is 18.0. The fourth-order valence-electron chi connectivity index (χ4n) is 3.40. The standard InChI is InChI=1S/C22H29N5O4.HI/c28-21-7-2-1-3-13-26(21)14-5-12-23-22(25-17-20-6-4-15-31-20)24-16-18-8-10-19(11-9-18)27(29)30;/h4,6,8-11,15H,1-3,5,7,12-14,16-17H2,(H2,23,24,25);1H. The number of nitrogens with one attached hydrogen (secondary N) is 2. The average molecular weight is 555 g/mol. The van der Waals surface area contributed by atoms with Crippen molar-refractivity contribution in [1.29, 1.82) is 0 Å². The molecule has 3 rings (SSSR count). The molecule has 1 saturated heterocycles. The molecule has 0 aliphatic carbocycles. The first-order valence-corrected chi connectivity index (χ1v) is 10.7. The summed E-state index contributed by atoms with van der Waals surface area (Å²) in [6.07, 6.45) is 6.29. The summed E-state index contributed by atoms with van der Waals surface area (Å²) < 4.78 is 5.36. The second-order valence-corrected chi connectivity index (χ2v) is 7.49. The van der Waals surface area contributed by atoms with Crippen molar-refractivity contribution in [3.05, 3.63) is 64.1 Å². The molecule has 1 aromatic carbocycles. The quantitative estimate of drug-likeness (QED) is 0.122. The maximum Gasteiger partial charge on any atom is 0.269 e. The van der Waals surface area contributed by atoms with E-state index in [0.717, 1.165) is 50.1 Å². The van der Waals surface area contributed by atoms with Crippen LogP contribution in [-0.4, -0.2) is 41.3 Å². The summed E-state index contributed by atoms with van der Waals surface area (Å²) in [5, 5.41) is 17.3. The van der Waals surface area contributed by atoms with E-state index >= 15 is 0 Å². The molecule has 0 unspecified atom stereocenters. The smallest absolute Gasteiger partial charge is 0.269 e. The van der Waals surface area contributed by atoms with Gasteiger partial charge in [-0.25, -0.2) is 4.99 Å². The predicted octanol–water partition coefficient (Wildman–Crippen LogP) is 3.83. The highest BCUT2D eigenvalue weighted by molar-refractivity contribution is 14.0. The summed E-state index contributed by atoms with van der Waals surface area (Å²) >= 11 is 0. The molecular formula is C22H30IN5O4. The van der Waals surface area contributed by atoms with E-state index in [9.17, 15) is 14.9 Å². The SMILES string of the molecule is I.O=C1CCCCCN1CCCNC(=NCc1ccc([N+](=O)[O-])cc1)NCc1ccco1. The molecule has 2 heterocycles. The van der Waals surface area contributed by atoms with Gasteiger partial charge in [-0.05, 0) is 37.0 Å². The minimum Gasteiger partial charge on any atom is -0.467 e. The van der Waals surface area contributed by atoms with Gasteiger partial charge in [0.15, 0.2) is 5.96 Å². The Balaban J connectivity index is 0.00000363. The Kier molecular flexibility index (Phi) is 11.0. The Morgan fingerprint density at radius 3 is 2.69 bits per heavy atom. The molecular weight excluding hydrogens is 525 g/mol. The Labute approximate surface area is 204 Å². The number of guanidine groups is 1. The fraction of sp³-hybridized carbons (Fsp3) is 0.455. The minimum absolute atomic E-state index is 0. The summed E-state index contributed by atoms with van der Waals surface area (Å²) in [4.78, 5) is 29.0. The molecule has 32 heavy (non-hydrogen) atoms. The molecule has 0 bridgehead atoms. The highest BCUT2D eigenvalue weighted by atomic mass is 127. The van der Waals surface area contributed by atoms with Gasteiger partial charge in [-0.3, -0.25) is 14.9 Å². The molecule has 0 saturated carbocycles. The molecule has 0 spiro atoms. The predicted molar refractivity (Wildman–Crippen MR) is 133 cm³/mol. The Morgan fingerprint density at radius 2 is 1.97 bits per heavy atom. The monoisotopic (exact) mass is 555 g/mol. The van der Waals surface area contributed by atoms with Crippen LogP contribution in [0.25, 0.3) is 0 Å². The summed E-state index contributed by atoms with van der Waals surface area (Å²) in [5.74, 6) is 1.66. The second-order valence-electron chi connectivity index (χ2n) is 7.49. The molecule has 10 heteroatoms. The van der Waals surface area contributed by atoms with Crippen LogP contribution >= 0.6 is 24.0 Å². The summed E-state index contributed by atoms with van der Waals surface area (Å²) in [7, 11) is 0. The van der Waals surface area contributed by atoms with E-state index in [-0.39, 0.29) is 35.6 Å². The van der Waals surface area contributed by atoms with Crippen molar-refractivity contribution in [3.8, 4) is 0 Å². The number of nitro benzene ring substituents is 1. The molecule has 2 N–H and O–H groups in total. The van der Waals surface area contributed by atoms with E-state index in [1.165, 1.54) is 12.1 Å². The van der Waals surface area contributed by atoms with Gasteiger partial charge in [-0.1, -0.05) is 18.6 Å². The van der Waals surface area contributed by atoms with Crippen molar-refractivity contribution in [3.63, 3.8) is 0 Å². The van der Waals surface area contributed by atoms with Crippen molar-refractivity contribution in [2.24, 2.45) is 4.99 Å². The van der Waals surface area contributed by atoms with E-state index in [2.05, 4.69) is 15.6 Å². The van der Waals surface area contributed by atoms with Crippen LogP contribution in [0.2, 0.25) is 0 Å². The number of amides is 1. The average Bonchev–Trinajstić information content (AvgIpc) is 3.21. The number of carbonyl (C=O) groups excluding carboxylic acids is 1. The van der Waals surface area contributed by atoms with Crippen molar-refractivity contribution in [2.75, 3.05) is 19.6 Å². The zero-order valence-corrected chi connectivity index (χ0v) is 20.3. The first kappa shape index (κ1) is 25.6. The number of nitro groups is 1. The van der Waals surface area contributed by atoms with Gasteiger partial charge in [0.2, 0.25) is 5.91 Å². The maximum absolute atomic E-state index is 12.1. The van der Waals surface area contributed by atoms with E-state index in [1.807, 2.05) is 17.0 Å². The van der Waals surface area contributed by atoms with Crippen LogP contribution in [0.15, 0.2) is 52.1 Å². The van der Waals surface area contributed by atoms with E-state index in [0.29, 0.717) is 32.0 Å². The van der Waals surface area contributed by atoms with Crippen molar-refractivity contribution < 1.29 is 14.1 Å². The molecule has 1 fully saturated rings. The van der Waals surface area contributed by atoms with Crippen LogP contribution in [-0.2, 0) is 17.9 Å². The molecule has 2 aromatic rings. The minimum atomic E-state index is -0.417. The molecule has 1 aliphatic rings. The van der Waals surface area contributed by atoms with Crippen molar-refractivity contribution >= 4 is 41.5 Å². The van der Waals surface area contributed by atoms with Gasteiger partial charge in [-0.15, -0.1) is 24.0 Å². The molecule has 9 nitrogen and oxygen atoms in total. The number of furan rings is 1. The third-order valence-electron chi connectivity index (χ3n) is 5.15. The normalized spacial score (nSPS) is 14.4. The summed E-state index contributed by atoms with van der Waals surface area (Å²) in [5.41, 5.74) is 0.935. The van der Waals surface area contributed by atoms with Gasteiger partial charge in [0.05, 0.1) is 24.3 Å². The topological polar surface area (TPSA) is 113 Å². The van der Waals surface area contributed by atoms with Gasteiger partial charge in [0.1, 0.15) is 5.76 Å². The summed E-state index contributed by atoms with van der Waals surface area (Å²) in [6.45, 7) is 3.13. The largest absolute Gasteiger partial charge is 0.467 e. The Bertz CT molecular complexity index is 871. The van der Waals surface area contributed by atoms with E-state index < -0.39 is 4.92 Å². The van der Waals surface area contributed by atoms with Crippen LogP contribution in [0, 0.1) is 10.1 Å².